The van der Waals surface area contributed by atoms with E-state index in [9.17, 15) is 8.42 Å². The van der Waals surface area contributed by atoms with Gasteiger partial charge in [-0.25, -0.2) is 8.42 Å². The Bertz CT molecular complexity index is 1010. The summed E-state index contributed by atoms with van der Waals surface area (Å²) in [7, 11) is -3.49. The maximum atomic E-state index is 12.0. The van der Waals surface area contributed by atoms with Crippen LogP contribution in [-0.2, 0) is 16.6 Å². The summed E-state index contributed by atoms with van der Waals surface area (Å²) in [5.74, 6) is 0.392. The summed E-state index contributed by atoms with van der Waals surface area (Å²) in [5.41, 5.74) is 3.60. The van der Waals surface area contributed by atoms with Crippen molar-refractivity contribution in [1.29, 1.82) is 0 Å². The summed E-state index contributed by atoms with van der Waals surface area (Å²) in [6, 6.07) is 16.6. The van der Waals surface area contributed by atoms with Gasteiger partial charge in [0.05, 0.1) is 17.1 Å². The molecule has 7 heteroatoms. The molecule has 0 fully saturated rings. The average molecular weight is 338 g/mol. The van der Waals surface area contributed by atoms with Crippen LogP contribution in [0, 0.1) is 0 Å². The predicted molar refractivity (Wildman–Crippen MR) is 91.0 cm³/mol. The topological polar surface area (TPSA) is 87.2 Å². The maximum absolute atomic E-state index is 12.0. The molecule has 0 atom stereocenters. The molecule has 24 heavy (non-hydrogen) atoms. The van der Waals surface area contributed by atoms with Gasteiger partial charge < -0.3 is 0 Å². The zero-order chi connectivity index (χ0) is 16.6. The van der Waals surface area contributed by atoms with Gasteiger partial charge in [0.25, 0.3) is 10.0 Å². The van der Waals surface area contributed by atoms with Gasteiger partial charge in [0.2, 0.25) is 0 Å². The van der Waals surface area contributed by atoms with Crippen LogP contribution in [0.3, 0.4) is 0 Å². The highest BCUT2D eigenvalue weighted by Gasteiger charge is 2.29. The molecule has 120 valence electrons. The monoisotopic (exact) mass is 338 g/mol. The number of amidine groups is 1. The van der Waals surface area contributed by atoms with Crippen molar-refractivity contribution in [3.8, 4) is 11.3 Å². The fourth-order valence-corrected chi connectivity index (χ4v) is 3.88. The minimum absolute atomic E-state index is 0.276. The first-order valence-electron chi connectivity index (χ1n) is 7.39. The molecule has 0 unspecified atom stereocenters. The van der Waals surface area contributed by atoms with Crippen LogP contribution in [0.1, 0.15) is 11.1 Å². The van der Waals surface area contributed by atoms with Gasteiger partial charge in [-0.2, -0.15) is 5.10 Å². The molecule has 1 aromatic heterocycles. The van der Waals surface area contributed by atoms with Gasteiger partial charge >= 0.3 is 0 Å². The Labute approximate surface area is 139 Å². The van der Waals surface area contributed by atoms with Crippen LogP contribution in [0.25, 0.3) is 11.3 Å². The number of aliphatic imine (C=N–C) groups is 1. The van der Waals surface area contributed by atoms with Crippen LogP contribution in [-0.4, -0.2) is 24.5 Å². The summed E-state index contributed by atoms with van der Waals surface area (Å²) in [6.45, 7) is 0.398. The summed E-state index contributed by atoms with van der Waals surface area (Å²) in [6.07, 6.45) is 1.71. The fourth-order valence-electron chi connectivity index (χ4n) is 2.63. The zero-order valence-corrected chi connectivity index (χ0v) is 13.4. The molecule has 3 aromatic rings. The van der Waals surface area contributed by atoms with Crippen molar-refractivity contribution < 1.29 is 8.42 Å². The average Bonchev–Trinajstić information content (AvgIpc) is 3.21. The normalized spacial score (nSPS) is 16.8. The minimum Gasteiger partial charge on any atom is -0.278 e. The molecule has 0 amide bonds. The van der Waals surface area contributed by atoms with Crippen LogP contribution in [0.5, 0.6) is 0 Å². The number of benzene rings is 2. The molecule has 6 nitrogen and oxygen atoms in total. The van der Waals surface area contributed by atoms with Crippen LogP contribution >= 0.6 is 0 Å². The van der Waals surface area contributed by atoms with E-state index in [0.29, 0.717) is 17.9 Å². The molecule has 0 spiro atoms. The fraction of sp³-hybridized carbons (Fsp3) is 0.0588. The van der Waals surface area contributed by atoms with E-state index in [4.69, 9.17) is 0 Å². The molecular formula is C17H14N4O2S. The lowest BCUT2D eigenvalue weighted by Crippen LogP contribution is -2.22. The predicted octanol–water partition coefficient (Wildman–Crippen LogP) is 2.32. The van der Waals surface area contributed by atoms with Crippen molar-refractivity contribution in [2.45, 2.75) is 11.4 Å². The standard InChI is InChI=1S/C17H14N4O2S/c22-24(23)16-4-2-1-3-14(16)17(21-24)18-11-12-5-7-13(8-6-12)15-9-10-19-20-15/h1-10H,11H2,(H,18,21)(H,19,20). The number of rotatable bonds is 3. The number of fused-ring (bicyclic) bond motifs is 1. The van der Waals surface area contributed by atoms with Crippen molar-refractivity contribution >= 4 is 15.9 Å². The van der Waals surface area contributed by atoms with Crippen LogP contribution < -0.4 is 4.72 Å². The Kier molecular flexibility index (Phi) is 3.42. The van der Waals surface area contributed by atoms with Crippen LogP contribution in [0.15, 0.2) is 70.7 Å². The zero-order valence-electron chi connectivity index (χ0n) is 12.6. The first-order chi connectivity index (χ1) is 11.6. The first-order valence-corrected chi connectivity index (χ1v) is 8.87. The summed E-state index contributed by atoms with van der Waals surface area (Å²) in [4.78, 5) is 4.71. The lowest BCUT2D eigenvalue weighted by atomic mass is 10.1. The van der Waals surface area contributed by atoms with E-state index < -0.39 is 10.0 Å². The lowest BCUT2D eigenvalue weighted by molar-refractivity contribution is 0.595. The van der Waals surface area contributed by atoms with E-state index >= 15 is 0 Å². The van der Waals surface area contributed by atoms with E-state index in [0.717, 1.165) is 16.8 Å². The molecular weight excluding hydrogens is 324 g/mol. The maximum Gasteiger partial charge on any atom is 0.263 e. The first kappa shape index (κ1) is 14.6. The molecule has 2 heterocycles. The molecule has 2 aromatic carbocycles. The van der Waals surface area contributed by atoms with Crippen molar-refractivity contribution in [3.05, 3.63) is 71.9 Å². The number of aromatic amines is 1. The number of sulfonamides is 1. The summed E-state index contributed by atoms with van der Waals surface area (Å²) >= 11 is 0. The second-order valence-corrected chi connectivity index (χ2v) is 7.08. The van der Waals surface area contributed by atoms with Gasteiger partial charge in [-0.1, -0.05) is 36.4 Å². The molecule has 0 aliphatic carbocycles. The van der Waals surface area contributed by atoms with Gasteiger partial charge in [-0.15, -0.1) is 0 Å². The van der Waals surface area contributed by atoms with Gasteiger partial charge in [0.1, 0.15) is 5.84 Å². The number of nitrogens with one attached hydrogen (secondary N) is 2. The number of hydrogen-bond acceptors (Lipinski definition) is 4. The number of nitrogens with zero attached hydrogens (tertiary/aromatic N) is 2. The van der Waals surface area contributed by atoms with Gasteiger partial charge in [-0.05, 0) is 29.3 Å². The van der Waals surface area contributed by atoms with Crippen molar-refractivity contribution in [3.63, 3.8) is 0 Å². The summed E-state index contributed by atoms with van der Waals surface area (Å²) < 4.78 is 26.6. The lowest BCUT2D eigenvalue weighted by Gasteiger charge is -2.02. The molecule has 1 aliphatic heterocycles. The Morgan fingerprint density at radius 1 is 1.00 bits per heavy atom. The third kappa shape index (κ3) is 2.59. The third-order valence-electron chi connectivity index (χ3n) is 3.85. The van der Waals surface area contributed by atoms with Crippen LogP contribution in [0.2, 0.25) is 0 Å². The molecule has 0 bridgehead atoms. The van der Waals surface area contributed by atoms with E-state index in [1.54, 1.807) is 30.5 Å². The Hall–Kier alpha value is -2.93. The molecule has 0 saturated carbocycles. The highest BCUT2D eigenvalue weighted by Crippen LogP contribution is 2.23. The largest absolute Gasteiger partial charge is 0.278 e. The van der Waals surface area contributed by atoms with Gasteiger partial charge in [-0.3, -0.25) is 14.8 Å². The van der Waals surface area contributed by atoms with E-state index in [-0.39, 0.29) is 4.90 Å². The van der Waals surface area contributed by atoms with Gasteiger partial charge in [0.15, 0.2) is 0 Å². The number of aromatic nitrogens is 2. The molecule has 1 aliphatic rings. The summed E-state index contributed by atoms with van der Waals surface area (Å²) in [5, 5.41) is 6.85. The second-order valence-electron chi connectivity index (χ2n) is 5.43. The van der Waals surface area contributed by atoms with Crippen molar-refractivity contribution in [1.82, 2.24) is 14.9 Å². The Morgan fingerprint density at radius 3 is 2.54 bits per heavy atom. The van der Waals surface area contributed by atoms with Gasteiger partial charge in [0, 0.05) is 11.8 Å². The van der Waals surface area contributed by atoms with E-state index in [2.05, 4.69) is 19.9 Å². The second kappa shape index (κ2) is 5.61. The smallest absolute Gasteiger partial charge is 0.263 e. The molecule has 0 saturated heterocycles. The highest BCUT2D eigenvalue weighted by molar-refractivity contribution is 7.90. The Morgan fingerprint density at radius 2 is 1.79 bits per heavy atom. The van der Waals surface area contributed by atoms with E-state index in [1.165, 1.54) is 0 Å². The van der Waals surface area contributed by atoms with E-state index in [1.807, 2.05) is 30.3 Å². The quantitative estimate of drug-likeness (QED) is 0.768. The third-order valence-corrected chi connectivity index (χ3v) is 5.25. The highest BCUT2D eigenvalue weighted by atomic mass is 32.2. The number of hydrogen-bond donors (Lipinski definition) is 2. The minimum atomic E-state index is -3.49. The number of H-pyrrole nitrogens is 1. The molecule has 0 radical (unpaired) electrons. The SMILES string of the molecule is O=S1(=O)NC(=NCc2ccc(-c3ccn[nH]3)cc2)c2ccccc21. The molecule has 4 rings (SSSR count). The molecule has 2 N–H and O–H groups in total. The van der Waals surface area contributed by atoms with Crippen molar-refractivity contribution in [2.24, 2.45) is 4.99 Å². The Balaban J connectivity index is 1.58. The van der Waals surface area contributed by atoms with Crippen molar-refractivity contribution in [2.75, 3.05) is 0 Å². The van der Waals surface area contributed by atoms with Crippen LogP contribution in [0.4, 0.5) is 0 Å².